The quantitative estimate of drug-likeness (QED) is 0.630. The minimum absolute atomic E-state index is 0.0991. The number of hydrogen-bond donors (Lipinski definition) is 0. The van der Waals surface area contributed by atoms with E-state index < -0.39 is 12.1 Å². The fourth-order valence-corrected chi connectivity index (χ4v) is 2.21. The molecule has 2 aromatic heterocycles. The molecular formula is C16H13BrN2O4. The molecule has 0 aliphatic carbocycles. The molecule has 3 rings (SSSR count). The van der Waals surface area contributed by atoms with Crippen molar-refractivity contribution in [2.24, 2.45) is 0 Å². The molecule has 118 valence electrons. The Hall–Kier alpha value is -2.41. The third kappa shape index (κ3) is 3.50. The summed E-state index contributed by atoms with van der Waals surface area (Å²) < 4.78 is 16.4. The molecular weight excluding hydrogens is 364 g/mol. The second kappa shape index (κ2) is 6.37. The number of esters is 1. The number of carbonyl (C=O) groups is 1. The molecule has 0 bridgehead atoms. The van der Waals surface area contributed by atoms with E-state index >= 15 is 0 Å². The maximum atomic E-state index is 11.9. The van der Waals surface area contributed by atoms with Crippen LogP contribution in [-0.4, -0.2) is 16.2 Å². The number of aryl methyl sites for hydroxylation is 1. The summed E-state index contributed by atoms with van der Waals surface area (Å²) in [5.74, 6) is 0.100. The number of hydrogen-bond acceptors (Lipinski definition) is 6. The van der Waals surface area contributed by atoms with Crippen LogP contribution in [-0.2, 0) is 4.74 Å². The zero-order valence-corrected chi connectivity index (χ0v) is 14.0. The van der Waals surface area contributed by atoms with E-state index in [4.69, 9.17) is 13.6 Å². The first-order chi connectivity index (χ1) is 11.0. The van der Waals surface area contributed by atoms with E-state index in [0.717, 1.165) is 11.1 Å². The minimum Gasteiger partial charge on any atom is -0.447 e. The number of rotatable bonds is 4. The van der Waals surface area contributed by atoms with Crippen LogP contribution in [0.15, 0.2) is 49.9 Å². The predicted molar refractivity (Wildman–Crippen MR) is 84.7 cm³/mol. The fourth-order valence-electron chi connectivity index (χ4n) is 1.90. The van der Waals surface area contributed by atoms with Crippen LogP contribution in [0.2, 0.25) is 0 Å². The van der Waals surface area contributed by atoms with Crippen molar-refractivity contribution in [3.05, 3.63) is 58.3 Å². The Labute approximate surface area is 140 Å². The number of carbonyl (C=O) groups excluding carboxylic acids is 1. The largest absolute Gasteiger partial charge is 0.447 e. The maximum absolute atomic E-state index is 11.9. The van der Waals surface area contributed by atoms with Crippen molar-refractivity contribution < 1.29 is 18.4 Å². The molecule has 0 aliphatic rings. The van der Waals surface area contributed by atoms with Crippen molar-refractivity contribution in [2.75, 3.05) is 0 Å². The van der Waals surface area contributed by atoms with Crippen molar-refractivity contribution in [1.29, 1.82) is 0 Å². The molecule has 0 amide bonds. The maximum Gasteiger partial charge on any atom is 0.375 e. The third-order valence-corrected chi connectivity index (χ3v) is 3.57. The van der Waals surface area contributed by atoms with E-state index in [1.165, 1.54) is 6.07 Å². The Morgan fingerprint density at radius 1 is 1.13 bits per heavy atom. The van der Waals surface area contributed by atoms with E-state index in [-0.39, 0.29) is 11.7 Å². The summed E-state index contributed by atoms with van der Waals surface area (Å²) in [6.07, 6.45) is -0.682. The van der Waals surface area contributed by atoms with Crippen LogP contribution >= 0.6 is 15.9 Å². The van der Waals surface area contributed by atoms with Gasteiger partial charge in [-0.1, -0.05) is 17.7 Å². The molecule has 1 unspecified atom stereocenters. The molecule has 0 fully saturated rings. The molecule has 1 aromatic carbocycles. The lowest BCUT2D eigenvalue weighted by atomic mass is 10.1. The highest BCUT2D eigenvalue weighted by Crippen LogP contribution is 2.24. The van der Waals surface area contributed by atoms with Gasteiger partial charge in [-0.3, -0.25) is 0 Å². The Balaban J connectivity index is 1.72. The standard InChI is InChI=1S/C16H13BrN2O4/c1-9-3-5-11(6-4-9)15-19-18-14(23-15)10(2)21-16(20)12-7-8-13(17)22-12/h3-8,10H,1-2H3. The van der Waals surface area contributed by atoms with Crippen LogP contribution in [0.3, 0.4) is 0 Å². The van der Waals surface area contributed by atoms with Crippen LogP contribution < -0.4 is 0 Å². The van der Waals surface area contributed by atoms with Gasteiger partial charge in [0, 0.05) is 5.56 Å². The predicted octanol–water partition coefficient (Wildman–Crippen LogP) is 4.32. The molecule has 0 saturated carbocycles. The molecule has 0 radical (unpaired) electrons. The monoisotopic (exact) mass is 376 g/mol. The first kappa shape index (κ1) is 15.5. The van der Waals surface area contributed by atoms with Crippen molar-refractivity contribution in [3.63, 3.8) is 0 Å². The zero-order valence-electron chi connectivity index (χ0n) is 12.4. The van der Waals surface area contributed by atoms with Gasteiger partial charge in [-0.2, -0.15) is 0 Å². The molecule has 6 nitrogen and oxygen atoms in total. The summed E-state index contributed by atoms with van der Waals surface area (Å²) in [4.78, 5) is 11.9. The number of furan rings is 1. The van der Waals surface area contributed by atoms with Crippen molar-refractivity contribution in [3.8, 4) is 11.5 Å². The van der Waals surface area contributed by atoms with Gasteiger partial charge >= 0.3 is 5.97 Å². The second-order valence-corrected chi connectivity index (χ2v) is 5.74. The first-order valence-corrected chi connectivity index (χ1v) is 7.69. The molecule has 1 atom stereocenters. The molecule has 0 spiro atoms. The van der Waals surface area contributed by atoms with Crippen molar-refractivity contribution in [2.45, 2.75) is 20.0 Å². The lowest BCUT2D eigenvalue weighted by Crippen LogP contribution is -2.08. The summed E-state index contributed by atoms with van der Waals surface area (Å²) in [6.45, 7) is 3.65. The SMILES string of the molecule is Cc1ccc(-c2nnc(C(C)OC(=O)c3ccc(Br)o3)o2)cc1. The zero-order chi connectivity index (χ0) is 16.4. The number of aromatic nitrogens is 2. The Morgan fingerprint density at radius 3 is 2.52 bits per heavy atom. The Kier molecular flexibility index (Phi) is 4.29. The summed E-state index contributed by atoms with van der Waals surface area (Å²) in [6, 6.07) is 10.8. The van der Waals surface area contributed by atoms with E-state index in [9.17, 15) is 4.79 Å². The molecule has 7 heteroatoms. The van der Waals surface area contributed by atoms with Crippen molar-refractivity contribution >= 4 is 21.9 Å². The fraction of sp³-hybridized carbons (Fsp3) is 0.188. The van der Waals surface area contributed by atoms with E-state index in [1.807, 2.05) is 31.2 Å². The van der Waals surface area contributed by atoms with E-state index in [0.29, 0.717) is 10.6 Å². The van der Waals surface area contributed by atoms with Crippen LogP contribution in [0.5, 0.6) is 0 Å². The Bertz CT molecular complexity index is 823. The van der Waals surface area contributed by atoms with Gasteiger partial charge in [0.25, 0.3) is 5.89 Å². The summed E-state index contributed by atoms with van der Waals surface area (Å²) >= 11 is 3.13. The lowest BCUT2D eigenvalue weighted by molar-refractivity contribution is 0.0243. The topological polar surface area (TPSA) is 78.4 Å². The third-order valence-electron chi connectivity index (χ3n) is 3.15. The Morgan fingerprint density at radius 2 is 1.87 bits per heavy atom. The van der Waals surface area contributed by atoms with Crippen molar-refractivity contribution in [1.82, 2.24) is 10.2 Å². The van der Waals surface area contributed by atoms with Gasteiger partial charge in [0.15, 0.2) is 10.8 Å². The summed E-state index contributed by atoms with van der Waals surface area (Å²) in [5, 5.41) is 7.92. The summed E-state index contributed by atoms with van der Waals surface area (Å²) in [7, 11) is 0. The number of nitrogens with zero attached hydrogens (tertiary/aromatic N) is 2. The smallest absolute Gasteiger partial charge is 0.375 e. The molecule has 3 aromatic rings. The lowest BCUT2D eigenvalue weighted by Gasteiger charge is -2.07. The van der Waals surface area contributed by atoms with Gasteiger partial charge in [0.2, 0.25) is 11.7 Å². The van der Waals surface area contributed by atoms with Crippen LogP contribution in [0.1, 0.15) is 35.0 Å². The average Bonchev–Trinajstić information content (AvgIpc) is 3.17. The molecule has 23 heavy (non-hydrogen) atoms. The van der Waals surface area contributed by atoms with Gasteiger partial charge in [0.1, 0.15) is 0 Å². The normalized spacial score (nSPS) is 12.1. The summed E-state index contributed by atoms with van der Waals surface area (Å²) in [5.41, 5.74) is 1.95. The highest BCUT2D eigenvalue weighted by Gasteiger charge is 2.21. The van der Waals surface area contributed by atoms with Gasteiger partial charge in [-0.15, -0.1) is 10.2 Å². The first-order valence-electron chi connectivity index (χ1n) is 6.89. The average molecular weight is 377 g/mol. The molecule has 2 heterocycles. The second-order valence-electron chi connectivity index (χ2n) is 4.96. The van der Waals surface area contributed by atoms with Crippen LogP contribution in [0.25, 0.3) is 11.5 Å². The van der Waals surface area contributed by atoms with Gasteiger partial charge in [-0.25, -0.2) is 4.79 Å². The molecule has 0 N–H and O–H groups in total. The highest BCUT2D eigenvalue weighted by atomic mass is 79.9. The van der Waals surface area contributed by atoms with E-state index in [2.05, 4.69) is 26.1 Å². The number of benzene rings is 1. The molecule has 0 saturated heterocycles. The van der Waals surface area contributed by atoms with Crippen LogP contribution in [0.4, 0.5) is 0 Å². The number of halogens is 1. The van der Waals surface area contributed by atoms with Crippen LogP contribution in [0, 0.1) is 6.92 Å². The number of ether oxygens (including phenoxy) is 1. The highest BCUT2D eigenvalue weighted by molar-refractivity contribution is 9.10. The minimum atomic E-state index is -0.682. The van der Waals surface area contributed by atoms with Gasteiger partial charge < -0.3 is 13.6 Å². The van der Waals surface area contributed by atoms with Gasteiger partial charge in [0.05, 0.1) is 0 Å². The van der Waals surface area contributed by atoms with E-state index in [1.54, 1.807) is 13.0 Å². The molecule has 0 aliphatic heterocycles. The van der Waals surface area contributed by atoms with Gasteiger partial charge in [-0.05, 0) is 54.0 Å².